The molecule has 4 heterocycles. The molecular formula is C25H37ClN5O12P. The largest absolute Gasteiger partial charge is 0.510 e. The first-order chi connectivity index (χ1) is 21.0. The van der Waals surface area contributed by atoms with Gasteiger partial charge in [0.15, 0.2) is 17.0 Å². The first-order valence-electron chi connectivity index (χ1n) is 14.0. The third-order valence-corrected chi connectivity index (χ3v) is 7.79. The van der Waals surface area contributed by atoms with Gasteiger partial charge in [-0.3, -0.25) is 18.2 Å². The minimum absolute atomic E-state index is 0.0244. The van der Waals surface area contributed by atoms with Crippen molar-refractivity contribution >= 4 is 48.5 Å². The van der Waals surface area contributed by atoms with Crippen molar-refractivity contribution in [3.63, 3.8) is 0 Å². The average molecular weight is 666 g/mol. The van der Waals surface area contributed by atoms with Crippen LogP contribution >= 0.6 is 19.2 Å². The van der Waals surface area contributed by atoms with Gasteiger partial charge in [0.25, 0.3) is 0 Å². The highest BCUT2D eigenvalue weighted by Crippen LogP contribution is 2.48. The SMILES string of the molecule is CC(C)OC(=O)OCOP(=O)(COC[C@@H]1CC[C@H](n2cnc3c(N[C@H]4CCOC4)nc(Cl)nc32)O1)OCOC(=O)OC(C)C. The third-order valence-electron chi connectivity index (χ3n) is 6.13. The molecule has 2 aliphatic heterocycles. The maximum absolute atomic E-state index is 13.3. The predicted molar refractivity (Wildman–Crippen MR) is 152 cm³/mol. The molecule has 2 aromatic rings. The zero-order valence-electron chi connectivity index (χ0n) is 24.8. The van der Waals surface area contributed by atoms with E-state index in [4.69, 9.17) is 53.8 Å². The molecule has 0 radical (unpaired) electrons. The summed E-state index contributed by atoms with van der Waals surface area (Å²) in [7, 11) is -4.08. The van der Waals surface area contributed by atoms with E-state index in [1.54, 1.807) is 38.6 Å². The second-order valence-electron chi connectivity index (χ2n) is 10.4. The summed E-state index contributed by atoms with van der Waals surface area (Å²) in [5, 5.41) is 3.39. The first-order valence-corrected chi connectivity index (χ1v) is 16.1. The molecule has 246 valence electrons. The minimum atomic E-state index is -4.08. The van der Waals surface area contributed by atoms with Crippen molar-refractivity contribution in [2.45, 2.75) is 77.5 Å². The third kappa shape index (κ3) is 10.1. The number of fused-ring (bicyclic) bond motifs is 1. The number of ether oxygens (including phenoxy) is 7. The molecule has 2 aliphatic rings. The maximum Gasteiger partial charge on any atom is 0.510 e. The Hall–Kier alpha value is -2.79. The van der Waals surface area contributed by atoms with Gasteiger partial charge in [-0.25, -0.2) is 14.6 Å². The zero-order chi connectivity index (χ0) is 31.7. The summed E-state index contributed by atoms with van der Waals surface area (Å²) in [6, 6.07) is 0.100. The summed E-state index contributed by atoms with van der Waals surface area (Å²) < 4.78 is 61.8. The number of halogens is 1. The summed E-state index contributed by atoms with van der Waals surface area (Å²) in [6.45, 7) is 6.27. The lowest BCUT2D eigenvalue weighted by Gasteiger charge is -2.20. The molecule has 0 saturated carbocycles. The van der Waals surface area contributed by atoms with E-state index in [1.807, 2.05) is 0 Å². The van der Waals surface area contributed by atoms with Crippen LogP contribution in [-0.2, 0) is 46.8 Å². The quantitative estimate of drug-likeness (QED) is 0.120. The Labute approximate surface area is 258 Å². The summed E-state index contributed by atoms with van der Waals surface area (Å²) in [5.74, 6) is 0.519. The van der Waals surface area contributed by atoms with E-state index in [2.05, 4.69) is 20.3 Å². The highest BCUT2D eigenvalue weighted by molar-refractivity contribution is 7.53. The topological polar surface area (TPSA) is 190 Å². The number of imidazole rings is 1. The maximum atomic E-state index is 13.3. The molecule has 4 rings (SSSR count). The lowest BCUT2D eigenvalue weighted by atomic mass is 10.2. The average Bonchev–Trinajstić information content (AvgIpc) is 3.69. The lowest BCUT2D eigenvalue weighted by Crippen LogP contribution is -2.20. The van der Waals surface area contributed by atoms with E-state index in [0.29, 0.717) is 43.0 Å². The van der Waals surface area contributed by atoms with Gasteiger partial charge in [0.05, 0.1) is 43.9 Å². The molecule has 3 atom stereocenters. The van der Waals surface area contributed by atoms with Gasteiger partial charge in [0, 0.05) is 6.61 Å². The van der Waals surface area contributed by atoms with E-state index in [-0.39, 0.29) is 24.0 Å². The highest BCUT2D eigenvalue weighted by Gasteiger charge is 2.32. The zero-order valence-corrected chi connectivity index (χ0v) is 26.5. The Balaban J connectivity index is 1.31. The number of anilines is 1. The van der Waals surface area contributed by atoms with E-state index in [1.165, 1.54) is 0 Å². The number of hydrogen-bond donors (Lipinski definition) is 1. The van der Waals surface area contributed by atoms with E-state index >= 15 is 0 Å². The molecule has 1 N–H and O–H groups in total. The van der Waals surface area contributed by atoms with Crippen LogP contribution in [0.3, 0.4) is 0 Å². The molecule has 19 heteroatoms. The summed E-state index contributed by atoms with van der Waals surface area (Å²) >= 11 is 6.22. The molecule has 2 saturated heterocycles. The predicted octanol–water partition coefficient (Wildman–Crippen LogP) is 4.60. The Morgan fingerprint density at radius 2 is 1.75 bits per heavy atom. The first kappa shape index (κ1) is 34.1. The number of carbonyl (C=O) groups excluding carboxylic acids is 2. The van der Waals surface area contributed by atoms with Crippen LogP contribution < -0.4 is 5.32 Å². The van der Waals surface area contributed by atoms with Crippen molar-refractivity contribution in [2.75, 3.05) is 45.1 Å². The Bertz CT molecular complexity index is 1280. The molecule has 0 unspecified atom stereocenters. The lowest BCUT2D eigenvalue weighted by molar-refractivity contribution is -0.0464. The number of rotatable bonds is 15. The highest BCUT2D eigenvalue weighted by atomic mass is 35.5. The van der Waals surface area contributed by atoms with Crippen LogP contribution in [0.4, 0.5) is 15.4 Å². The van der Waals surface area contributed by atoms with Crippen LogP contribution in [-0.4, -0.2) is 95.9 Å². The van der Waals surface area contributed by atoms with Gasteiger partial charge in [-0.1, -0.05) is 0 Å². The van der Waals surface area contributed by atoms with Crippen molar-refractivity contribution < 1.29 is 56.4 Å². The van der Waals surface area contributed by atoms with Crippen LogP contribution in [0.2, 0.25) is 5.28 Å². The van der Waals surface area contributed by atoms with Crippen LogP contribution in [0, 0.1) is 0 Å². The monoisotopic (exact) mass is 665 g/mol. The number of nitrogens with one attached hydrogen (secondary N) is 1. The fourth-order valence-corrected chi connectivity index (χ4v) is 5.37. The molecule has 0 aliphatic carbocycles. The second-order valence-corrected chi connectivity index (χ2v) is 12.7. The van der Waals surface area contributed by atoms with Crippen LogP contribution in [0.25, 0.3) is 11.2 Å². The van der Waals surface area contributed by atoms with Gasteiger partial charge < -0.3 is 38.5 Å². The van der Waals surface area contributed by atoms with Crippen molar-refractivity contribution in [3.05, 3.63) is 11.6 Å². The standard InChI is InChI=1S/C25H37ClN5O12P/c1-15(2)41-24(32)37-12-39-44(34,40-13-38-25(33)42-16(3)4)14-36-10-18-5-6-19(43-18)31-11-27-20-21(28-17-7-8-35-9-17)29-23(26)30-22(20)31/h11,15-19H,5-10,12-14H2,1-4H3,(H,28,29,30)/t17-,18-,19+/m0/s1. The smallest absolute Gasteiger partial charge is 0.432 e. The van der Waals surface area contributed by atoms with Gasteiger partial charge in [0.1, 0.15) is 12.6 Å². The van der Waals surface area contributed by atoms with Gasteiger partial charge >= 0.3 is 19.9 Å². The summed E-state index contributed by atoms with van der Waals surface area (Å²) in [5.41, 5.74) is 1.06. The number of aromatic nitrogens is 4. The molecular weight excluding hydrogens is 629 g/mol. The van der Waals surface area contributed by atoms with Crippen LogP contribution in [0.1, 0.15) is 53.2 Å². The van der Waals surface area contributed by atoms with E-state index < -0.39 is 58.3 Å². The van der Waals surface area contributed by atoms with Gasteiger partial charge in [-0.2, -0.15) is 9.97 Å². The fourth-order valence-electron chi connectivity index (χ4n) is 4.23. The van der Waals surface area contributed by atoms with Gasteiger partial charge in [0.2, 0.25) is 18.9 Å². The normalized spacial score (nSPS) is 20.4. The van der Waals surface area contributed by atoms with Gasteiger partial charge in [-0.05, 0) is 58.6 Å². The molecule has 0 bridgehead atoms. The molecule has 17 nitrogen and oxygen atoms in total. The van der Waals surface area contributed by atoms with Crippen molar-refractivity contribution in [1.82, 2.24) is 19.5 Å². The number of carbonyl (C=O) groups is 2. The Morgan fingerprint density at radius 1 is 1.07 bits per heavy atom. The second kappa shape index (κ2) is 16.0. The number of nitrogens with zero attached hydrogens (tertiary/aromatic N) is 4. The molecule has 0 spiro atoms. The Morgan fingerprint density at radius 3 is 2.36 bits per heavy atom. The minimum Gasteiger partial charge on any atom is -0.432 e. The van der Waals surface area contributed by atoms with Crippen LogP contribution in [0.5, 0.6) is 0 Å². The van der Waals surface area contributed by atoms with Crippen molar-refractivity contribution in [2.24, 2.45) is 0 Å². The summed E-state index contributed by atoms with van der Waals surface area (Å²) in [4.78, 5) is 36.4. The van der Waals surface area contributed by atoms with Crippen molar-refractivity contribution in [3.8, 4) is 0 Å². The summed E-state index contributed by atoms with van der Waals surface area (Å²) in [6.07, 6.45) is -0.587. The fraction of sp³-hybridized carbons (Fsp3) is 0.720. The Kier molecular flexibility index (Phi) is 12.4. The molecule has 2 aromatic heterocycles. The van der Waals surface area contributed by atoms with Crippen molar-refractivity contribution in [1.29, 1.82) is 0 Å². The molecule has 0 aromatic carbocycles. The molecule has 0 amide bonds. The molecule has 2 fully saturated rings. The molecule has 44 heavy (non-hydrogen) atoms. The van der Waals surface area contributed by atoms with Crippen LogP contribution in [0.15, 0.2) is 6.33 Å². The number of hydrogen-bond acceptors (Lipinski definition) is 16. The van der Waals surface area contributed by atoms with E-state index in [0.717, 1.165) is 6.42 Å². The van der Waals surface area contributed by atoms with Gasteiger partial charge in [-0.15, -0.1) is 0 Å². The van der Waals surface area contributed by atoms with E-state index in [9.17, 15) is 14.2 Å².